The van der Waals surface area contributed by atoms with Crippen LogP contribution in [0.25, 0.3) is 0 Å². The van der Waals surface area contributed by atoms with Crippen molar-refractivity contribution in [2.75, 3.05) is 5.32 Å². The lowest BCUT2D eigenvalue weighted by Gasteiger charge is -2.10. The Morgan fingerprint density at radius 3 is 2.50 bits per heavy atom. The molecule has 1 N–H and O–H groups in total. The largest absolute Gasteiger partial charge is 0.380 e. The van der Waals surface area contributed by atoms with Crippen molar-refractivity contribution < 1.29 is 0 Å². The van der Waals surface area contributed by atoms with Gasteiger partial charge in [0.25, 0.3) is 0 Å². The molecule has 0 aliphatic heterocycles. The van der Waals surface area contributed by atoms with Gasteiger partial charge < -0.3 is 5.32 Å². The van der Waals surface area contributed by atoms with Crippen molar-refractivity contribution in [1.29, 1.82) is 0 Å². The first-order valence-corrected chi connectivity index (χ1v) is 7.53. The van der Waals surface area contributed by atoms with Gasteiger partial charge in [0.05, 0.1) is 0 Å². The molecule has 0 heterocycles. The summed E-state index contributed by atoms with van der Waals surface area (Å²) >= 11 is 18.9. The molecule has 0 saturated heterocycles. The van der Waals surface area contributed by atoms with E-state index in [-0.39, 0.29) is 0 Å². The average Bonchev–Trinajstić information content (AvgIpc) is 2.32. The summed E-state index contributed by atoms with van der Waals surface area (Å²) in [5, 5.41) is 4.64. The summed E-state index contributed by atoms with van der Waals surface area (Å²) in [4.78, 5) is 0. The van der Waals surface area contributed by atoms with E-state index in [1.165, 1.54) is 0 Å². The lowest BCUT2D eigenvalue weighted by Crippen LogP contribution is -2.00. The number of benzene rings is 2. The summed E-state index contributed by atoms with van der Waals surface area (Å²) in [5.41, 5.74) is 2.02. The van der Waals surface area contributed by atoms with Crippen LogP contribution in [0.2, 0.25) is 10.0 Å². The second kappa shape index (κ2) is 6.29. The maximum atomic E-state index is 6.12. The van der Waals surface area contributed by atoms with Gasteiger partial charge in [-0.2, -0.15) is 0 Å². The summed E-state index contributed by atoms with van der Waals surface area (Å²) in [7, 11) is 0. The fourth-order valence-corrected chi connectivity index (χ4v) is 2.71. The topological polar surface area (TPSA) is 12.0 Å². The molecule has 0 aromatic heterocycles. The maximum Gasteiger partial charge on any atom is 0.0498 e. The molecule has 1 nitrogen and oxygen atoms in total. The molecule has 5 heteroatoms. The highest BCUT2D eigenvalue weighted by atomic mass is 79.9. The minimum Gasteiger partial charge on any atom is -0.380 e. The Hall–Kier alpha value is -0.220. The highest BCUT2D eigenvalue weighted by Crippen LogP contribution is 2.28. The number of nitrogens with one attached hydrogen (secondary N) is 1. The van der Waals surface area contributed by atoms with E-state index in [1.54, 1.807) is 6.07 Å². The molecule has 0 aliphatic rings. The van der Waals surface area contributed by atoms with Crippen molar-refractivity contribution in [1.82, 2.24) is 0 Å². The van der Waals surface area contributed by atoms with Crippen molar-refractivity contribution in [3.63, 3.8) is 0 Å². The van der Waals surface area contributed by atoms with Gasteiger partial charge in [0.1, 0.15) is 0 Å². The summed E-state index contributed by atoms with van der Waals surface area (Å²) in [6.07, 6.45) is 0. The smallest absolute Gasteiger partial charge is 0.0498 e. The van der Waals surface area contributed by atoms with Gasteiger partial charge >= 0.3 is 0 Å². The zero-order valence-electron chi connectivity index (χ0n) is 9.18. The van der Waals surface area contributed by atoms with Crippen LogP contribution in [-0.2, 0) is 6.54 Å². The van der Waals surface area contributed by atoms with Crippen LogP contribution in [0.15, 0.2) is 45.3 Å². The van der Waals surface area contributed by atoms with Crippen LogP contribution in [0.4, 0.5) is 5.69 Å². The zero-order valence-corrected chi connectivity index (χ0v) is 13.9. The minimum atomic E-state index is 0.644. The van der Waals surface area contributed by atoms with Crippen molar-refractivity contribution >= 4 is 60.7 Å². The molecule has 94 valence electrons. The van der Waals surface area contributed by atoms with Crippen LogP contribution in [0, 0.1) is 0 Å². The molecule has 0 unspecified atom stereocenters. The molecule has 0 saturated carbocycles. The summed E-state index contributed by atoms with van der Waals surface area (Å²) in [6.45, 7) is 0.644. The van der Waals surface area contributed by atoms with Crippen molar-refractivity contribution in [3.05, 3.63) is 61.0 Å². The number of anilines is 1. The predicted octanol–water partition coefficient (Wildman–Crippen LogP) is 6.13. The quantitative estimate of drug-likeness (QED) is 0.642. The lowest BCUT2D eigenvalue weighted by molar-refractivity contribution is 1.14. The highest BCUT2D eigenvalue weighted by Gasteiger charge is 2.04. The van der Waals surface area contributed by atoms with E-state index in [0.717, 1.165) is 20.2 Å². The first kappa shape index (κ1) is 14.2. The van der Waals surface area contributed by atoms with E-state index in [4.69, 9.17) is 23.2 Å². The standard InChI is InChI=1S/C13H9Br2Cl2N/c14-9-2-4-11(15)13(5-9)18-7-8-1-3-10(16)6-12(8)17/h1-6,18H,7H2. The summed E-state index contributed by atoms with van der Waals surface area (Å²) in [6, 6.07) is 11.5. The van der Waals surface area contributed by atoms with E-state index in [1.807, 2.05) is 30.3 Å². The maximum absolute atomic E-state index is 6.12. The molecule has 2 aromatic carbocycles. The Morgan fingerprint density at radius 1 is 1.00 bits per heavy atom. The van der Waals surface area contributed by atoms with E-state index in [2.05, 4.69) is 37.2 Å². The third kappa shape index (κ3) is 3.64. The number of hydrogen-bond acceptors (Lipinski definition) is 1. The van der Waals surface area contributed by atoms with Crippen LogP contribution < -0.4 is 5.32 Å². The monoisotopic (exact) mass is 407 g/mol. The number of hydrogen-bond donors (Lipinski definition) is 1. The van der Waals surface area contributed by atoms with Gasteiger partial charge in [0, 0.05) is 31.2 Å². The normalized spacial score (nSPS) is 10.4. The van der Waals surface area contributed by atoms with Gasteiger partial charge in [-0.15, -0.1) is 0 Å². The van der Waals surface area contributed by atoms with E-state index < -0.39 is 0 Å². The van der Waals surface area contributed by atoms with E-state index >= 15 is 0 Å². The van der Waals surface area contributed by atoms with E-state index in [0.29, 0.717) is 16.6 Å². The van der Waals surface area contributed by atoms with Crippen LogP contribution in [0.3, 0.4) is 0 Å². The fraction of sp³-hybridized carbons (Fsp3) is 0.0769. The minimum absolute atomic E-state index is 0.644. The Balaban J connectivity index is 2.13. The third-order valence-electron chi connectivity index (χ3n) is 2.41. The third-order valence-corrected chi connectivity index (χ3v) is 4.18. The van der Waals surface area contributed by atoms with Gasteiger partial charge in [-0.05, 0) is 51.8 Å². The Labute approximate surface area is 133 Å². The first-order valence-electron chi connectivity index (χ1n) is 5.19. The lowest BCUT2D eigenvalue weighted by atomic mass is 10.2. The molecule has 0 atom stereocenters. The Morgan fingerprint density at radius 2 is 1.78 bits per heavy atom. The van der Waals surface area contributed by atoms with Gasteiger partial charge in [0.15, 0.2) is 0 Å². The molecule has 18 heavy (non-hydrogen) atoms. The number of rotatable bonds is 3. The molecule has 2 rings (SSSR count). The van der Waals surface area contributed by atoms with Gasteiger partial charge in [-0.25, -0.2) is 0 Å². The molecular formula is C13H9Br2Cl2N. The SMILES string of the molecule is Clc1ccc(CNc2cc(Br)ccc2Br)c(Cl)c1. The molecule has 0 spiro atoms. The molecule has 0 amide bonds. The Kier molecular flexibility index (Phi) is 4.96. The van der Waals surface area contributed by atoms with Gasteiger partial charge in [0.2, 0.25) is 0 Å². The second-order valence-electron chi connectivity index (χ2n) is 3.71. The van der Waals surface area contributed by atoms with Gasteiger partial charge in [-0.1, -0.05) is 45.2 Å². The molecule has 0 bridgehead atoms. The fourth-order valence-electron chi connectivity index (χ4n) is 1.49. The molecule has 0 aliphatic carbocycles. The predicted molar refractivity (Wildman–Crippen MR) is 85.6 cm³/mol. The van der Waals surface area contributed by atoms with Crippen LogP contribution in [0.1, 0.15) is 5.56 Å². The Bertz CT molecular complexity index is 573. The van der Waals surface area contributed by atoms with Crippen molar-refractivity contribution in [2.24, 2.45) is 0 Å². The van der Waals surface area contributed by atoms with Crippen molar-refractivity contribution in [3.8, 4) is 0 Å². The molecule has 0 fully saturated rings. The zero-order chi connectivity index (χ0) is 13.1. The van der Waals surface area contributed by atoms with Crippen LogP contribution >= 0.6 is 55.1 Å². The average molecular weight is 410 g/mol. The highest BCUT2D eigenvalue weighted by molar-refractivity contribution is 9.11. The van der Waals surface area contributed by atoms with Crippen molar-refractivity contribution in [2.45, 2.75) is 6.54 Å². The van der Waals surface area contributed by atoms with Crippen LogP contribution in [-0.4, -0.2) is 0 Å². The summed E-state index contributed by atoms with van der Waals surface area (Å²) < 4.78 is 2.03. The summed E-state index contributed by atoms with van der Waals surface area (Å²) in [5.74, 6) is 0. The number of halogens is 4. The molecule has 2 aromatic rings. The van der Waals surface area contributed by atoms with Gasteiger partial charge in [-0.3, -0.25) is 0 Å². The molecular weight excluding hydrogens is 401 g/mol. The second-order valence-corrected chi connectivity index (χ2v) is 6.33. The first-order chi connectivity index (χ1) is 8.56. The van der Waals surface area contributed by atoms with E-state index in [9.17, 15) is 0 Å². The van der Waals surface area contributed by atoms with Crippen LogP contribution in [0.5, 0.6) is 0 Å². The molecule has 0 radical (unpaired) electrons.